The Morgan fingerprint density at radius 1 is 0.765 bits per heavy atom. The summed E-state index contributed by atoms with van der Waals surface area (Å²) in [6, 6.07) is 23.4. The average molecular weight is 452 g/mol. The van der Waals surface area contributed by atoms with Crippen molar-refractivity contribution in [3.8, 4) is 0 Å². The zero-order chi connectivity index (χ0) is 23.7. The zero-order valence-electron chi connectivity index (χ0n) is 19.7. The highest BCUT2D eigenvalue weighted by Gasteiger charge is 2.40. The second kappa shape index (κ2) is 9.18. The summed E-state index contributed by atoms with van der Waals surface area (Å²) in [6.07, 6.45) is 3.34. The number of carbonyl (C=O) groups is 2. The van der Waals surface area contributed by atoms with Crippen LogP contribution in [0.15, 0.2) is 78.5 Å². The molecule has 5 rings (SSSR count). The van der Waals surface area contributed by atoms with E-state index in [4.69, 9.17) is 0 Å². The molecule has 0 aromatic heterocycles. The van der Waals surface area contributed by atoms with E-state index in [1.165, 1.54) is 23.3 Å². The van der Waals surface area contributed by atoms with E-state index in [1.54, 1.807) is 0 Å². The topological polar surface area (TPSA) is 52.7 Å². The van der Waals surface area contributed by atoms with Crippen LogP contribution < -0.4 is 15.1 Å². The first-order valence-corrected chi connectivity index (χ1v) is 12.0. The molecule has 1 N–H and O–H groups in total. The maximum atomic E-state index is 13.6. The van der Waals surface area contributed by atoms with Gasteiger partial charge in [-0.15, -0.1) is 0 Å². The first-order valence-electron chi connectivity index (χ1n) is 12.0. The van der Waals surface area contributed by atoms with Crippen LogP contribution in [0.1, 0.15) is 36.5 Å². The molecule has 0 spiro atoms. The molecule has 1 fully saturated rings. The first-order chi connectivity index (χ1) is 16.5. The number of nitrogens with zero attached hydrogens (tertiary/aromatic N) is 2. The largest absolute Gasteiger partial charge is 0.372 e. The molecule has 0 saturated carbocycles. The summed E-state index contributed by atoms with van der Waals surface area (Å²) in [4.78, 5) is 30.9. The van der Waals surface area contributed by atoms with Crippen molar-refractivity contribution in [1.82, 2.24) is 0 Å². The summed E-state index contributed by atoms with van der Waals surface area (Å²) in [5.74, 6) is -0.649. The lowest BCUT2D eigenvalue weighted by atomic mass is 10.0. The molecule has 1 saturated heterocycles. The van der Waals surface area contributed by atoms with Crippen LogP contribution in [0.4, 0.5) is 17.1 Å². The number of nitrogens with one attached hydrogen (secondary N) is 1. The van der Waals surface area contributed by atoms with Gasteiger partial charge < -0.3 is 10.2 Å². The van der Waals surface area contributed by atoms with Crippen LogP contribution in [0.5, 0.6) is 0 Å². The van der Waals surface area contributed by atoms with E-state index in [1.807, 2.05) is 79.7 Å². The highest BCUT2D eigenvalue weighted by atomic mass is 16.2. The van der Waals surface area contributed by atoms with Crippen molar-refractivity contribution in [1.29, 1.82) is 0 Å². The van der Waals surface area contributed by atoms with Crippen molar-refractivity contribution in [3.05, 3.63) is 95.2 Å². The molecule has 2 amide bonds. The summed E-state index contributed by atoms with van der Waals surface area (Å²) in [5, 5.41) is 3.25. The molecule has 0 bridgehead atoms. The van der Waals surface area contributed by atoms with Gasteiger partial charge in [-0.3, -0.25) is 9.59 Å². The van der Waals surface area contributed by atoms with Gasteiger partial charge in [-0.1, -0.05) is 48.9 Å². The van der Waals surface area contributed by atoms with Gasteiger partial charge in [-0.25, -0.2) is 4.90 Å². The van der Waals surface area contributed by atoms with Gasteiger partial charge in [0.1, 0.15) is 5.70 Å². The number of rotatable bonds is 6. The summed E-state index contributed by atoms with van der Waals surface area (Å²) in [6.45, 7) is 6.20. The molecule has 5 heteroatoms. The van der Waals surface area contributed by atoms with Gasteiger partial charge in [-0.2, -0.15) is 0 Å². The molecule has 2 heterocycles. The van der Waals surface area contributed by atoms with E-state index < -0.39 is 0 Å². The summed E-state index contributed by atoms with van der Waals surface area (Å²) >= 11 is 0. The van der Waals surface area contributed by atoms with Gasteiger partial charge in [-0.05, 0) is 73.7 Å². The zero-order valence-corrected chi connectivity index (χ0v) is 19.7. The molecular weight excluding hydrogens is 422 g/mol. The second-order valence-corrected chi connectivity index (χ2v) is 8.95. The number of imide groups is 1. The van der Waals surface area contributed by atoms with Crippen LogP contribution in [-0.4, -0.2) is 24.9 Å². The molecule has 34 heavy (non-hydrogen) atoms. The van der Waals surface area contributed by atoms with Crippen LogP contribution in [-0.2, 0) is 16.0 Å². The van der Waals surface area contributed by atoms with Gasteiger partial charge in [0.15, 0.2) is 0 Å². The van der Waals surface area contributed by atoms with E-state index >= 15 is 0 Å². The number of amides is 2. The lowest BCUT2D eigenvalue weighted by molar-refractivity contribution is -0.120. The maximum Gasteiger partial charge on any atom is 0.282 e. The van der Waals surface area contributed by atoms with Gasteiger partial charge in [0.2, 0.25) is 0 Å². The third-order valence-corrected chi connectivity index (χ3v) is 6.63. The van der Waals surface area contributed by atoms with Gasteiger partial charge in [0.05, 0.1) is 11.3 Å². The molecule has 3 aromatic rings. The van der Waals surface area contributed by atoms with Crippen LogP contribution in [0.2, 0.25) is 0 Å². The average Bonchev–Trinajstić information content (AvgIpc) is 3.48. The minimum atomic E-state index is -0.339. The Balaban J connectivity index is 1.50. The normalized spacial score (nSPS) is 16.1. The minimum Gasteiger partial charge on any atom is -0.372 e. The smallest absolute Gasteiger partial charge is 0.282 e. The number of carbonyl (C=O) groups excluding carboxylic acids is 2. The molecular formula is C29H29N3O2. The van der Waals surface area contributed by atoms with E-state index in [0.717, 1.165) is 42.0 Å². The van der Waals surface area contributed by atoms with Gasteiger partial charge in [0, 0.05) is 24.5 Å². The maximum absolute atomic E-state index is 13.6. The summed E-state index contributed by atoms with van der Waals surface area (Å²) in [7, 11) is 0. The standard InChI is InChI=1S/C29H29N3O2/c1-3-21-8-12-23(13-9-21)30-27-26(22-10-6-20(2)7-11-22)28(33)32(29(27)34)25-16-14-24(15-17-25)31-18-4-5-19-31/h6-17,30H,3-5,18-19H2,1-2H3. The Morgan fingerprint density at radius 2 is 1.38 bits per heavy atom. The Morgan fingerprint density at radius 3 is 2.00 bits per heavy atom. The molecule has 0 aliphatic carbocycles. The van der Waals surface area contributed by atoms with Gasteiger partial charge >= 0.3 is 0 Å². The predicted octanol–water partition coefficient (Wildman–Crippen LogP) is 5.55. The molecule has 5 nitrogen and oxygen atoms in total. The van der Waals surface area contributed by atoms with Crippen molar-refractivity contribution in [3.63, 3.8) is 0 Å². The van der Waals surface area contributed by atoms with E-state index in [9.17, 15) is 9.59 Å². The lowest BCUT2D eigenvalue weighted by Gasteiger charge is -2.20. The quantitative estimate of drug-likeness (QED) is 0.499. The van der Waals surface area contributed by atoms with Crippen LogP contribution in [0.25, 0.3) is 5.57 Å². The monoisotopic (exact) mass is 451 g/mol. The van der Waals surface area contributed by atoms with Crippen molar-refractivity contribution < 1.29 is 9.59 Å². The lowest BCUT2D eigenvalue weighted by Crippen LogP contribution is -2.32. The second-order valence-electron chi connectivity index (χ2n) is 8.95. The van der Waals surface area contributed by atoms with Crippen LogP contribution >= 0.6 is 0 Å². The number of hydrogen-bond acceptors (Lipinski definition) is 4. The summed E-state index contributed by atoms with van der Waals surface area (Å²) in [5.41, 5.74) is 6.24. The molecule has 3 aromatic carbocycles. The number of benzene rings is 3. The Kier molecular flexibility index (Phi) is 5.93. The molecule has 0 atom stereocenters. The predicted molar refractivity (Wildman–Crippen MR) is 138 cm³/mol. The van der Waals surface area contributed by atoms with Crippen molar-refractivity contribution in [2.45, 2.75) is 33.1 Å². The van der Waals surface area contributed by atoms with Crippen molar-refractivity contribution >= 4 is 34.4 Å². The van der Waals surface area contributed by atoms with E-state index in [0.29, 0.717) is 17.0 Å². The fraction of sp³-hybridized carbons (Fsp3) is 0.241. The van der Waals surface area contributed by atoms with E-state index in [2.05, 4.69) is 17.1 Å². The fourth-order valence-corrected chi connectivity index (χ4v) is 4.62. The molecule has 2 aliphatic rings. The third-order valence-electron chi connectivity index (χ3n) is 6.63. The molecule has 172 valence electrons. The SMILES string of the molecule is CCc1ccc(NC2=C(c3ccc(C)cc3)C(=O)N(c3ccc(N4CCCC4)cc3)C2=O)cc1. The van der Waals surface area contributed by atoms with Crippen LogP contribution in [0.3, 0.4) is 0 Å². The Bertz CT molecular complexity index is 1240. The highest BCUT2D eigenvalue weighted by molar-refractivity contribution is 6.46. The number of hydrogen-bond donors (Lipinski definition) is 1. The van der Waals surface area contributed by atoms with Gasteiger partial charge in [0.25, 0.3) is 11.8 Å². The van der Waals surface area contributed by atoms with Crippen molar-refractivity contribution in [2.24, 2.45) is 0 Å². The first kappa shape index (κ1) is 22.0. The fourth-order valence-electron chi connectivity index (χ4n) is 4.62. The minimum absolute atomic E-state index is 0.307. The van der Waals surface area contributed by atoms with Crippen LogP contribution in [0, 0.1) is 6.92 Å². The summed E-state index contributed by atoms with van der Waals surface area (Å²) < 4.78 is 0. The van der Waals surface area contributed by atoms with E-state index in [-0.39, 0.29) is 11.8 Å². The molecule has 2 aliphatic heterocycles. The Labute approximate surface area is 200 Å². The molecule has 0 radical (unpaired) electrons. The van der Waals surface area contributed by atoms with Crippen molar-refractivity contribution in [2.75, 3.05) is 28.2 Å². The highest BCUT2D eigenvalue weighted by Crippen LogP contribution is 2.35. The number of aryl methyl sites for hydroxylation is 2. The Hall–Kier alpha value is -3.86. The number of anilines is 3. The third kappa shape index (κ3) is 4.10. The molecule has 0 unspecified atom stereocenters.